The van der Waals surface area contributed by atoms with Crippen LogP contribution in [0.4, 0.5) is 0 Å². The van der Waals surface area contributed by atoms with Crippen LogP contribution in [0.1, 0.15) is 73.7 Å². The van der Waals surface area contributed by atoms with E-state index in [9.17, 15) is 14.7 Å². The van der Waals surface area contributed by atoms with Crippen LogP contribution in [0.2, 0.25) is 0 Å². The number of aldehydes is 2. The average Bonchev–Trinajstić information content (AvgIpc) is 3.07. The summed E-state index contributed by atoms with van der Waals surface area (Å²) in [5, 5.41) is 10.9. The maximum Gasteiger partial charge on any atom is 0.150 e. The fourth-order valence-electron chi connectivity index (χ4n) is 7.01. The van der Waals surface area contributed by atoms with Crippen molar-refractivity contribution in [1.29, 1.82) is 0 Å². The zero-order valence-electron chi connectivity index (χ0n) is 17.1. The number of hydrogen-bond acceptors (Lipinski definition) is 3. The lowest BCUT2D eigenvalue weighted by molar-refractivity contribution is -0.110. The van der Waals surface area contributed by atoms with Gasteiger partial charge in [-0.15, -0.1) is 0 Å². The molecule has 3 unspecified atom stereocenters. The molecule has 2 fully saturated rings. The van der Waals surface area contributed by atoms with Gasteiger partial charge in [0.1, 0.15) is 12.6 Å². The summed E-state index contributed by atoms with van der Waals surface area (Å²) >= 11 is 0. The van der Waals surface area contributed by atoms with Crippen molar-refractivity contribution < 1.29 is 14.7 Å². The zero-order valence-corrected chi connectivity index (χ0v) is 17.1. The Morgan fingerprint density at radius 3 is 2.55 bits per heavy atom. The highest BCUT2D eigenvalue weighted by molar-refractivity contribution is 5.74. The van der Waals surface area contributed by atoms with Gasteiger partial charge in [-0.1, -0.05) is 42.8 Å². The van der Waals surface area contributed by atoms with E-state index >= 15 is 0 Å². The van der Waals surface area contributed by atoms with Crippen LogP contribution in [0.15, 0.2) is 47.1 Å². The second-order valence-corrected chi connectivity index (χ2v) is 9.86. The van der Waals surface area contributed by atoms with E-state index in [0.717, 1.165) is 57.5 Å². The van der Waals surface area contributed by atoms with Crippen LogP contribution in [0, 0.1) is 23.2 Å². The van der Waals surface area contributed by atoms with E-state index in [2.05, 4.69) is 25.1 Å². The lowest BCUT2D eigenvalue weighted by Gasteiger charge is -2.52. The van der Waals surface area contributed by atoms with Gasteiger partial charge in [0, 0.05) is 17.4 Å². The van der Waals surface area contributed by atoms with Crippen LogP contribution in [0.25, 0.3) is 0 Å². The highest BCUT2D eigenvalue weighted by atomic mass is 16.3. The minimum absolute atomic E-state index is 0.0378. The molecule has 4 aliphatic rings. The fraction of sp³-hybridized carbons (Fsp3) is 0.538. The van der Waals surface area contributed by atoms with E-state index in [1.54, 1.807) is 5.57 Å². The Kier molecular flexibility index (Phi) is 4.62. The van der Waals surface area contributed by atoms with Gasteiger partial charge in [-0.2, -0.15) is 0 Å². The van der Waals surface area contributed by atoms with Gasteiger partial charge in [0.25, 0.3) is 0 Å². The third-order valence-corrected chi connectivity index (χ3v) is 8.52. The summed E-state index contributed by atoms with van der Waals surface area (Å²) in [5.41, 5.74) is 6.43. The molecule has 0 saturated heterocycles. The molecule has 6 atom stereocenters. The number of rotatable bonds is 3. The summed E-state index contributed by atoms with van der Waals surface area (Å²) in [6.45, 7) is 2.30. The number of hydrogen-bond donors (Lipinski definition) is 1. The molecular weight excluding hydrogens is 360 g/mol. The topological polar surface area (TPSA) is 54.4 Å². The molecule has 3 heteroatoms. The Labute approximate surface area is 172 Å². The Morgan fingerprint density at radius 2 is 1.83 bits per heavy atom. The standard InChI is InChI=1S/C26H30O3/c1-26-13-22(18-5-2-16(14-27)3-6-18)25-20-8-4-17(15-28)12-19(20)7-9-21(25)23(26)10-11-24(26)29/h2-3,5-6,12,14-15,17,21-24,29H,4,7-11,13H2,1H3/t17?,21-,22?,23-,24?,26-/m0/s1. The second kappa shape index (κ2) is 7.05. The second-order valence-electron chi connectivity index (χ2n) is 9.86. The van der Waals surface area contributed by atoms with E-state index in [4.69, 9.17) is 0 Å². The minimum atomic E-state index is -0.224. The number of carbonyl (C=O) groups excluding carboxylic acids is 2. The quantitative estimate of drug-likeness (QED) is 0.739. The predicted molar refractivity (Wildman–Crippen MR) is 113 cm³/mol. The van der Waals surface area contributed by atoms with Crippen molar-refractivity contribution in [1.82, 2.24) is 0 Å². The van der Waals surface area contributed by atoms with Crippen LogP contribution in [-0.4, -0.2) is 23.8 Å². The normalized spacial score (nSPS) is 38.6. The molecule has 0 bridgehead atoms. The number of benzene rings is 1. The molecule has 0 heterocycles. The molecule has 3 nitrogen and oxygen atoms in total. The van der Waals surface area contributed by atoms with Gasteiger partial charge in [-0.3, -0.25) is 4.79 Å². The molecule has 152 valence electrons. The van der Waals surface area contributed by atoms with Crippen LogP contribution in [0.3, 0.4) is 0 Å². The van der Waals surface area contributed by atoms with Gasteiger partial charge in [0.05, 0.1) is 6.10 Å². The molecule has 5 rings (SSSR count). The first-order chi connectivity index (χ1) is 14.0. The van der Waals surface area contributed by atoms with Crippen molar-refractivity contribution in [3.63, 3.8) is 0 Å². The minimum Gasteiger partial charge on any atom is -0.393 e. The molecular formula is C26H30O3. The Hall–Kier alpha value is -2.00. The number of allylic oxidation sites excluding steroid dienone is 4. The largest absolute Gasteiger partial charge is 0.393 e. The van der Waals surface area contributed by atoms with Crippen LogP contribution in [0.5, 0.6) is 0 Å². The molecule has 0 radical (unpaired) electrons. The SMILES string of the molecule is C[C@]12CC(c3ccc(C=O)cc3)C3=C4CCC(C=O)C=C4CC[C@H]3[C@@H]1CCC2O. The molecule has 1 aromatic rings. The van der Waals surface area contributed by atoms with Crippen molar-refractivity contribution in [2.45, 2.75) is 63.9 Å². The van der Waals surface area contributed by atoms with Gasteiger partial charge in [-0.25, -0.2) is 0 Å². The van der Waals surface area contributed by atoms with Crippen molar-refractivity contribution in [2.75, 3.05) is 0 Å². The highest BCUT2D eigenvalue weighted by Crippen LogP contribution is 2.63. The summed E-state index contributed by atoms with van der Waals surface area (Å²) in [6, 6.07) is 8.06. The van der Waals surface area contributed by atoms with Crippen LogP contribution in [-0.2, 0) is 4.79 Å². The smallest absolute Gasteiger partial charge is 0.150 e. The number of fused-ring (bicyclic) bond motifs is 4. The van der Waals surface area contributed by atoms with Crippen molar-refractivity contribution in [3.8, 4) is 0 Å². The van der Waals surface area contributed by atoms with Gasteiger partial charge >= 0.3 is 0 Å². The molecule has 1 aromatic carbocycles. The zero-order chi connectivity index (χ0) is 20.2. The molecule has 4 aliphatic carbocycles. The third-order valence-electron chi connectivity index (χ3n) is 8.52. The van der Waals surface area contributed by atoms with Crippen LogP contribution >= 0.6 is 0 Å². The lowest BCUT2D eigenvalue weighted by atomic mass is 9.53. The van der Waals surface area contributed by atoms with Crippen LogP contribution < -0.4 is 0 Å². The summed E-state index contributed by atoms with van der Waals surface area (Å²) in [5.74, 6) is 1.44. The number of aliphatic hydroxyl groups is 1. The van der Waals surface area contributed by atoms with Crippen molar-refractivity contribution in [3.05, 3.63) is 58.2 Å². The predicted octanol–water partition coefficient (Wildman–Crippen LogP) is 5.01. The Bertz CT molecular complexity index is 893. The van der Waals surface area contributed by atoms with E-state index in [1.165, 1.54) is 16.7 Å². The average molecular weight is 391 g/mol. The maximum atomic E-state index is 11.4. The van der Waals surface area contributed by atoms with Gasteiger partial charge in [0.15, 0.2) is 0 Å². The fourth-order valence-corrected chi connectivity index (χ4v) is 7.01. The van der Waals surface area contributed by atoms with Crippen molar-refractivity contribution >= 4 is 12.6 Å². The first-order valence-electron chi connectivity index (χ1n) is 11.2. The van der Waals surface area contributed by atoms with Gasteiger partial charge < -0.3 is 9.90 Å². The highest BCUT2D eigenvalue weighted by Gasteiger charge is 2.56. The molecule has 0 aliphatic heterocycles. The number of aliphatic hydroxyl groups excluding tert-OH is 1. The Balaban J connectivity index is 1.65. The number of carbonyl (C=O) groups is 2. The first-order valence-corrected chi connectivity index (χ1v) is 11.2. The molecule has 0 amide bonds. The van der Waals surface area contributed by atoms with Crippen molar-refractivity contribution in [2.24, 2.45) is 23.2 Å². The summed E-state index contributed by atoms with van der Waals surface area (Å²) in [4.78, 5) is 22.5. The maximum absolute atomic E-state index is 11.4. The van der Waals surface area contributed by atoms with E-state index in [1.807, 2.05) is 12.1 Å². The lowest BCUT2D eigenvalue weighted by Crippen LogP contribution is -2.45. The summed E-state index contributed by atoms with van der Waals surface area (Å²) in [6.07, 6.45) is 11.1. The molecule has 0 aromatic heterocycles. The molecule has 1 N–H and O–H groups in total. The molecule has 29 heavy (non-hydrogen) atoms. The Morgan fingerprint density at radius 1 is 1.03 bits per heavy atom. The first kappa shape index (κ1) is 19.0. The summed E-state index contributed by atoms with van der Waals surface area (Å²) < 4.78 is 0. The van der Waals surface area contributed by atoms with Gasteiger partial charge in [-0.05, 0) is 78.9 Å². The van der Waals surface area contributed by atoms with E-state index in [-0.39, 0.29) is 17.4 Å². The van der Waals surface area contributed by atoms with Gasteiger partial charge in [0.2, 0.25) is 0 Å². The van der Waals surface area contributed by atoms with E-state index in [0.29, 0.717) is 23.3 Å². The molecule has 0 spiro atoms. The van der Waals surface area contributed by atoms with E-state index < -0.39 is 0 Å². The molecule has 2 saturated carbocycles. The third kappa shape index (κ3) is 2.89. The monoisotopic (exact) mass is 390 g/mol. The summed E-state index contributed by atoms with van der Waals surface area (Å²) in [7, 11) is 0.